The van der Waals surface area contributed by atoms with Gasteiger partial charge in [-0.1, -0.05) is 0 Å². The van der Waals surface area contributed by atoms with Crippen molar-refractivity contribution in [1.29, 1.82) is 5.26 Å². The van der Waals surface area contributed by atoms with Gasteiger partial charge in [0.15, 0.2) is 6.19 Å². The van der Waals surface area contributed by atoms with Crippen molar-refractivity contribution in [3.8, 4) is 6.19 Å². The Kier molecular flexibility index (Phi) is 5.23. The van der Waals surface area contributed by atoms with Crippen molar-refractivity contribution < 1.29 is 0 Å². The molecule has 0 aliphatic carbocycles. The molecular weight excluding hydrogens is 284 g/mol. The second-order valence-corrected chi connectivity index (χ2v) is 5.27. The molecule has 0 atom stereocenters. The minimum atomic E-state index is 0.421. The summed E-state index contributed by atoms with van der Waals surface area (Å²) in [6.45, 7) is 2.02. The molecule has 0 fully saturated rings. The van der Waals surface area contributed by atoms with Gasteiger partial charge in [0.25, 0.3) is 0 Å². The first-order valence-electron chi connectivity index (χ1n) is 6.33. The van der Waals surface area contributed by atoms with Crippen LogP contribution in [-0.4, -0.2) is 23.0 Å². The number of nitriles is 1. The summed E-state index contributed by atoms with van der Waals surface area (Å²) in [6.07, 6.45) is 3.55. The second-order valence-electron chi connectivity index (χ2n) is 4.22. The highest BCUT2D eigenvalue weighted by atomic mass is 32.2. The lowest BCUT2D eigenvalue weighted by molar-refractivity contribution is 1.19. The van der Waals surface area contributed by atoms with Gasteiger partial charge < -0.3 is 10.3 Å². The van der Waals surface area contributed by atoms with Crippen LogP contribution in [0.25, 0.3) is 0 Å². The van der Waals surface area contributed by atoms with Gasteiger partial charge in [-0.25, -0.2) is 4.98 Å². The molecule has 7 heteroatoms. The molecule has 1 aromatic carbocycles. The van der Waals surface area contributed by atoms with E-state index in [0.717, 1.165) is 27.7 Å². The van der Waals surface area contributed by atoms with E-state index in [1.807, 2.05) is 37.4 Å². The fourth-order valence-corrected chi connectivity index (χ4v) is 2.57. The summed E-state index contributed by atoms with van der Waals surface area (Å²) in [5, 5.41) is 14.1. The summed E-state index contributed by atoms with van der Waals surface area (Å²) in [4.78, 5) is 12.4. The number of hydrogen-bond donors (Lipinski definition) is 3. The van der Waals surface area contributed by atoms with Crippen LogP contribution in [0.5, 0.6) is 0 Å². The van der Waals surface area contributed by atoms with Crippen molar-refractivity contribution in [2.75, 3.05) is 12.4 Å². The predicted molar refractivity (Wildman–Crippen MR) is 85.1 cm³/mol. The van der Waals surface area contributed by atoms with Gasteiger partial charge in [0.1, 0.15) is 0 Å². The minimum absolute atomic E-state index is 0.421. The van der Waals surface area contributed by atoms with E-state index < -0.39 is 0 Å². The molecule has 1 heterocycles. The van der Waals surface area contributed by atoms with Crippen molar-refractivity contribution in [3.05, 3.63) is 42.0 Å². The van der Waals surface area contributed by atoms with Gasteiger partial charge in [0.2, 0.25) is 5.96 Å². The average Bonchev–Trinajstić information content (AvgIpc) is 2.91. The lowest BCUT2D eigenvalue weighted by Gasteiger charge is -2.07. The fourth-order valence-electron chi connectivity index (χ4n) is 1.65. The molecule has 21 heavy (non-hydrogen) atoms. The number of aromatic amines is 1. The van der Waals surface area contributed by atoms with Crippen LogP contribution in [0.3, 0.4) is 0 Å². The van der Waals surface area contributed by atoms with Gasteiger partial charge in [-0.2, -0.15) is 5.26 Å². The SMILES string of the molecule is CN=C(NC#N)Nc1ccc(SCc2nc[nH]c2C)cc1. The molecule has 0 radical (unpaired) electrons. The molecule has 0 aliphatic rings. The number of anilines is 1. The Morgan fingerprint density at radius 2 is 2.19 bits per heavy atom. The Morgan fingerprint density at radius 3 is 2.76 bits per heavy atom. The van der Waals surface area contributed by atoms with Crippen molar-refractivity contribution in [3.63, 3.8) is 0 Å². The summed E-state index contributed by atoms with van der Waals surface area (Å²) in [7, 11) is 1.61. The number of benzene rings is 1. The van der Waals surface area contributed by atoms with E-state index in [9.17, 15) is 0 Å². The first-order chi connectivity index (χ1) is 10.2. The summed E-state index contributed by atoms with van der Waals surface area (Å²) in [6, 6.07) is 7.94. The fraction of sp³-hybridized carbons (Fsp3) is 0.214. The largest absolute Gasteiger partial charge is 0.348 e. The third-order valence-electron chi connectivity index (χ3n) is 2.82. The number of H-pyrrole nitrogens is 1. The molecule has 108 valence electrons. The van der Waals surface area contributed by atoms with Crippen molar-refractivity contribution in [2.45, 2.75) is 17.6 Å². The molecular formula is C14H16N6S. The van der Waals surface area contributed by atoms with Crippen molar-refractivity contribution in [1.82, 2.24) is 15.3 Å². The minimum Gasteiger partial charge on any atom is -0.348 e. The molecule has 6 nitrogen and oxygen atoms in total. The maximum Gasteiger partial charge on any atom is 0.208 e. The number of rotatable bonds is 4. The van der Waals surface area contributed by atoms with Crippen molar-refractivity contribution >= 4 is 23.4 Å². The molecule has 0 saturated heterocycles. The Labute approximate surface area is 127 Å². The zero-order chi connectivity index (χ0) is 15.1. The smallest absolute Gasteiger partial charge is 0.208 e. The van der Waals surface area contributed by atoms with Crippen LogP contribution in [0.1, 0.15) is 11.4 Å². The number of nitrogens with one attached hydrogen (secondary N) is 3. The summed E-state index contributed by atoms with van der Waals surface area (Å²) >= 11 is 1.73. The number of guanidine groups is 1. The van der Waals surface area contributed by atoms with Crippen LogP contribution < -0.4 is 10.6 Å². The Balaban J connectivity index is 1.93. The molecule has 0 spiro atoms. The van der Waals surface area contributed by atoms with E-state index in [2.05, 4.69) is 25.6 Å². The van der Waals surface area contributed by atoms with E-state index >= 15 is 0 Å². The van der Waals surface area contributed by atoms with Gasteiger partial charge >= 0.3 is 0 Å². The molecule has 0 saturated carbocycles. The molecule has 1 aromatic heterocycles. The number of thioether (sulfide) groups is 1. The number of aliphatic imine (C=N–C) groups is 1. The first-order valence-corrected chi connectivity index (χ1v) is 7.32. The molecule has 2 aromatic rings. The second kappa shape index (κ2) is 7.36. The number of aromatic nitrogens is 2. The highest BCUT2D eigenvalue weighted by molar-refractivity contribution is 7.98. The van der Waals surface area contributed by atoms with Gasteiger partial charge in [-0.3, -0.25) is 10.3 Å². The van der Waals surface area contributed by atoms with Crippen LogP contribution >= 0.6 is 11.8 Å². The molecule has 0 aliphatic heterocycles. The maximum atomic E-state index is 8.58. The molecule has 3 N–H and O–H groups in total. The van der Waals surface area contributed by atoms with Crippen LogP contribution in [0.4, 0.5) is 5.69 Å². The number of hydrogen-bond acceptors (Lipinski definition) is 4. The van der Waals surface area contributed by atoms with Crippen LogP contribution in [-0.2, 0) is 5.75 Å². The quantitative estimate of drug-likeness (QED) is 0.265. The highest BCUT2D eigenvalue weighted by Crippen LogP contribution is 2.24. The van der Waals surface area contributed by atoms with E-state index in [1.54, 1.807) is 25.1 Å². The zero-order valence-corrected chi connectivity index (χ0v) is 12.7. The maximum absolute atomic E-state index is 8.58. The van der Waals surface area contributed by atoms with E-state index in [1.165, 1.54) is 0 Å². The van der Waals surface area contributed by atoms with Gasteiger partial charge in [-0.15, -0.1) is 11.8 Å². The summed E-state index contributed by atoms with van der Waals surface area (Å²) in [5.41, 5.74) is 3.05. The van der Waals surface area contributed by atoms with E-state index in [0.29, 0.717) is 5.96 Å². The topological polar surface area (TPSA) is 88.9 Å². The Morgan fingerprint density at radius 1 is 1.43 bits per heavy atom. The normalized spacial score (nSPS) is 11.0. The monoisotopic (exact) mass is 300 g/mol. The standard InChI is InChI=1S/C14H16N6S/c1-10-13(19-9-18-10)7-21-12-5-3-11(4-6-12)20-14(16-2)17-8-15/h3-6,9H,7H2,1-2H3,(H,18,19)(H2,16,17,20). The highest BCUT2D eigenvalue weighted by Gasteiger charge is 2.03. The van der Waals surface area contributed by atoms with Gasteiger partial charge in [0, 0.05) is 29.1 Å². The molecule has 0 unspecified atom stereocenters. The third kappa shape index (κ3) is 4.26. The lowest BCUT2D eigenvalue weighted by Crippen LogP contribution is -2.26. The third-order valence-corrected chi connectivity index (χ3v) is 3.85. The van der Waals surface area contributed by atoms with Crippen LogP contribution in [0, 0.1) is 18.4 Å². The summed E-state index contributed by atoms with van der Waals surface area (Å²) < 4.78 is 0. The Hall–Kier alpha value is -2.46. The zero-order valence-electron chi connectivity index (χ0n) is 11.8. The molecule has 0 amide bonds. The van der Waals surface area contributed by atoms with Gasteiger partial charge in [0.05, 0.1) is 12.0 Å². The average molecular weight is 300 g/mol. The van der Waals surface area contributed by atoms with Gasteiger partial charge in [-0.05, 0) is 31.2 Å². The number of nitrogens with zero attached hydrogens (tertiary/aromatic N) is 3. The van der Waals surface area contributed by atoms with Crippen LogP contribution in [0.15, 0.2) is 40.5 Å². The first kappa shape index (κ1) is 14.9. The molecule has 2 rings (SSSR count). The van der Waals surface area contributed by atoms with Crippen molar-refractivity contribution in [2.24, 2.45) is 4.99 Å². The number of aryl methyl sites for hydroxylation is 1. The predicted octanol–water partition coefficient (Wildman–Crippen LogP) is 2.48. The Bertz CT molecular complexity index is 653. The van der Waals surface area contributed by atoms with E-state index in [4.69, 9.17) is 5.26 Å². The number of imidazole rings is 1. The lowest BCUT2D eigenvalue weighted by atomic mass is 10.3. The summed E-state index contributed by atoms with van der Waals surface area (Å²) in [5.74, 6) is 1.25. The molecule has 0 bridgehead atoms. The van der Waals surface area contributed by atoms with Crippen LogP contribution in [0.2, 0.25) is 0 Å². The van der Waals surface area contributed by atoms with E-state index in [-0.39, 0.29) is 0 Å².